The number of para-hydroxylation sites is 2. The van der Waals surface area contributed by atoms with Crippen LogP contribution in [0, 0.1) is 5.41 Å². The largest absolute Gasteiger partial charge is 0.330 e. The van der Waals surface area contributed by atoms with Crippen molar-refractivity contribution in [2.75, 3.05) is 6.54 Å². The van der Waals surface area contributed by atoms with Gasteiger partial charge in [0.2, 0.25) is 0 Å². The minimum atomic E-state index is 0.460. The molecule has 1 aromatic heterocycles. The lowest BCUT2D eigenvalue weighted by atomic mass is 10.0. The van der Waals surface area contributed by atoms with Crippen molar-refractivity contribution in [2.24, 2.45) is 11.1 Å². The maximum atomic E-state index is 5.74. The van der Waals surface area contributed by atoms with Crippen LogP contribution in [0.25, 0.3) is 11.0 Å². The summed E-state index contributed by atoms with van der Waals surface area (Å²) in [5, 5.41) is 0. The van der Waals surface area contributed by atoms with Gasteiger partial charge in [0, 0.05) is 13.0 Å². The molecule has 1 aliphatic rings. The van der Waals surface area contributed by atoms with E-state index in [1.807, 2.05) is 0 Å². The van der Waals surface area contributed by atoms with Gasteiger partial charge in [0.15, 0.2) is 0 Å². The first kappa shape index (κ1) is 11.7. The molecule has 1 saturated carbocycles. The fourth-order valence-corrected chi connectivity index (χ4v) is 2.88. The number of nitrogens with zero attached hydrogens (tertiary/aromatic N) is 2. The second-order valence-electron chi connectivity index (χ2n) is 5.50. The zero-order chi connectivity index (χ0) is 12.6. The van der Waals surface area contributed by atoms with E-state index in [0.29, 0.717) is 5.41 Å². The molecule has 1 heterocycles. The third-order valence-electron chi connectivity index (χ3n) is 4.18. The fourth-order valence-electron chi connectivity index (χ4n) is 2.88. The number of aryl methyl sites for hydroxylation is 1. The first-order valence-electron chi connectivity index (χ1n) is 6.92. The van der Waals surface area contributed by atoms with E-state index in [9.17, 15) is 0 Å². The first-order valence-corrected chi connectivity index (χ1v) is 6.92. The van der Waals surface area contributed by atoms with Gasteiger partial charge in [-0.1, -0.05) is 19.1 Å². The molecule has 0 bridgehead atoms. The van der Waals surface area contributed by atoms with Gasteiger partial charge in [-0.05, 0) is 43.4 Å². The Bertz CT molecular complexity index is 552. The highest BCUT2D eigenvalue weighted by molar-refractivity contribution is 5.75. The molecule has 18 heavy (non-hydrogen) atoms. The van der Waals surface area contributed by atoms with E-state index in [1.54, 1.807) is 0 Å². The molecule has 3 rings (SSSR count). The Morgan fingerprint density at radius 1 is 1.33 bits per heavy atom. The average Bonchev–Trinajstić information content (AvgIpc) is 3.05. The molecule has 0 radical (unpaired) electrons. The van der Waals surface area contributed by atoms with Gasteiger partial charge in [-0.15, -0.1) is 0 Å². The van der Waals surface area contributed by atoms with E-state index >= 15 is 0 Å². The van der Waals surface area contributed by atoms with Crippen LogP contribution < -0.4 is 5.73 Å². The van der Waals surface area contributed by atoms with E-state index in [4.69, 9.17) is 10.7 Å². The SMILES string of the molecule is CCc1nc2ccccc2n1CC1(CCN)CC1. The third kappa shape index (κ3) is 1.93. The maximum absolute atomic E-state index is 5.74. The predicted octanol–water partition coefficient (Wildman–Crippen LogP) is 2.73. The molecule has 0 atom stereocenters. The molecule has 1 aromatic carbocycles. The van der Waals surface area contributed by atoms with Crippen LogP contribution in [0.4, 0.5) is 0 Å². The fraction of sp³-hybridized carbons (Fsp3) is 0.533. The molecule has 3 nitrogen and oxygen atoms in total. The van der Waals surface area contributed by atoms with Gasteiger partial charge in [-0.3, -0.25) is 0 Å². The van der Waals surface area contributed by atoms with Gasteiger partial charge in [0.05, 0.1) is 11.0 Å². The van der Waals surface area contributed by atoms with E-state index in [2.05, 4.69) is 35.8 Å². The van der Waals surface area contributed by atoms with Crippen LogP contribution in [0.5, 0.6) is 0 Å². The number of hydrogen-bond acceptors (Lipinski definition) is 2. The summed E-state index contributed by atoms with van der Waals surface area (Å²) < 4.78 is 2.41. The van der Waals surface area contributed by atoms with Crippen molar-refractivity contribution in [1.82, 2.24) is 9.55 Å². The molecule has 3 heteroatoms. The van der Waals surface area contributed by atoms with Crippen LogP contribution in [0.1, 0.15) is 32.0 Å². The Morgan fingerprint density at radius 2 is 2.11 bits per heavy atom. The molecular weight excluding hydrogens is 222 g/mol. The number of rotatable bonds is 5. The number of fused-ring (bicyclic) bond motifs is 1. The van der Waals surface area contributed by atoms with Crippen molar-refractivity contribution in [3.63, 3.8) is 0 Å². The van der Waals surface area contributed by atoms with Gasteiger partial charge in [0.25, 0.3) is 0 Å². The molecule has 0 unspecified atom stereocenters. The van der Waals surface area contributed by atoms with Crippen molar-refractivity contribution in [1.29, 1.82) is 0 Å². The highest BCUT2D eigenvalue weighted by Crippen LogP contribution is 2.50. The van der Waals surface area contributed by atoms with Crippen molar-refractivity contribution in [3.05, 3.63) is 30.1 Å². The standard InChI is InChI=1S/C15H21N3/c1-2-14-17-12-5-3-4-6-13(12)18(14)11-15(7-8-15)9-10-16/h3-6H,2,7-11,16H2,1H3. The minimum Gasteiger partial charge on any atom is -0.330 e. The summed E-state index contributed by atoms with van der Waals surface area (Å²) in [5.41, 5.74) is 8.60. The van der Waals surface area contributed by atoms with E-state index in [0.717, 1.165) is 31.4 Å². The second-order valence-corrected chi connectivity index (χ2v) is 5.50. The summed E-state index contributed by atoms with van der Waals surface area (Å²) >= 11 is 0. The lowest BCUT2D eigenvalue weighted by Crippen LogP contribution is -2.17. The van der Waals surface area contributed by atoms with Gasteiger partial charge >= 0.3 is 0 Å². The summed E-state index contributed by atoms with van der Waals surface area (Å²) in [4.78, 5) is 4.73. The number of aromatic nitrogens is 2. The van der Waals surface area contributed by atoms with E-state index in [-0.39, 0.29) is 0 Å². The summed E-state index contributed by atoms with van der Waals surface area (Å²) in [6.45, 7) is 4.07. The quantitative estimate of drug-likeness (QED) is 0.877. The second kappa shape index (κ2) is 4.39. The number of hydrogen-bond donors (Lipinski definition) is 1. The molecule has 0 spiro atoms. The van der Waals surface area contributed by atoms with E-state index in [1.165, 1.54) is 24.2 Å². The van der Waals surface area contributed by atoms with E-state index < -0.39 is 0 Å². The Hall–Kier alpha value is -1.35. The summed E-state index contributed by atoms with van der Waals surface area (Å²) in [6.07, 6.45) is 4.77. The average molecular weight is 243 g/mol. The first-order chi connectivity index (χ1) is 8.78. The Labute approximate surface area is 108 Å². The molecule has 0 amide bonds. The van der Waals surface area contributed by atoms with Crippen LogP contribution in [-0.4, -0.2) is 16.1 Å². The monoisotopic (exact) mass is 243 g/mol. The molecule has 2 N–H and O–H groups in total. The smallest absolute Gasteiger partial charge is 0.109 e. The summed E-state index contributed by atoms with van der Waals surface area (Å²) in [6, 6.07) is 8.45. The molecule has 0 saturated heterocycles. The predicted molar refractivity (Wildman–Crippen MR) is 74.4 cm³/mol. The molecular formula is C15H21N3. The minimum absolute atomic E-state index is 0.460. The molecule has 1 aliphatic carbocycles. The Kier molecular flexibility index (Phi) is 2.86. The zero-order valence-corrected chi connectivity index (χ0v) is 11.0. The molecule has 0 aliphatic heterocycles. The highest BCUT2D eigenvalue weighted by atomic mass is 15.1. The third-order valence-corrected chi connectivity index (χ3v) is 4.18. The Balaban J connectivity index is 1.99. The number of nitrogens with two attached hydrogens (primary N) is 1. The van der Waals surface area contributed by atoms with Gasteiger partial charge in [-0.2, -0.15) is 0 Å². The van der Waals surface area contributed by atoms with Gasteiger partial charge < -0.3 is 10.3 Å². The van der Waals surface area contributed by atoms with Crippen LogP contribution in [0.15, 0.2) is 24.3 Å². The topological polar surface area (TPSA) is 43.8 Å². The maximum Gasteiger partial charge on any atom is 0.109 e. The lowest BCUT2D eigenvalue weighted by Gasteiger charge is -2.17. The van der Waals surface area contributed by atoms with Crippen molar-refractivity contribution in [3.8, 4) is 0 Å². The van der Waals surface area contributed by atoms with Crippen molar-refractivity contribution in [2.45, 2.75) is 39.2 Å². The van der Waals surface area contributed by atoms with Crippen molar-refractivity contribution >= 4 is 11.0 Å². The molecule has 96 valence electrons. The molecule has 2 aromatic rings. The van der Waals surface area contributed by atoms with Crippen LogP contribution in [-0.2, 0) is 13.0 Å². The van der Waals surface area contributed by atoms with Crippen LogP contribution in [0.2, 0.25) is 0 Å². The zero-order valence-electron chi connectivity index (χ0n) is 11.0. The summed E-state index contributed by atoms with van der Waals surface area (Å²) in [5.74, 6) is 1.21. The van der Waals surface area contributed by atoms with Crippen LogP contribution >= 0.6 is 0 Å². The normalized spacial score (nSPS) is 17.2. The molecule has 1 fully saturated rings. The van der Waals surface area contributed by atoms with Gasteiger partial charge in [-0.25, -0.2) is 4.98 Å². The lowest BCUT2D eigenvalue weighted by molar-refractivity contribution is 0.397. The highest BCUT2D eigenvalue weighted by Gasteiger charge is 2.42. The number of benzene rings is 1. The number of imidazole rings is 1. The Morgan fingerprint density at radius 3 is 2.78 bits per heavy atom. The van der Waals surface area contributed by atoms with Crippen molar-refractivity contribution < 1.29 is 0 Å². The van der Waals surface area contributed by atoms with Gasteiger partial charge in [0.1, 0.15) is 5.82 Å². The van der Waals surface area contributed by atoms with Crippen LogP contribution in [0.3, 0.4) is 0 Å². The summed E-state index contributed by atoms with van der Waals surface area (Å²) in [7, 11) is 0.